The summed E-state index contributed by atoms with van der Waals surface area (Å²) in [6.07, 6.45) is 3.83. The van der Waals surface area contributed by atoms with E-state index in [-0.39, 0.29) is 12.1 Å². The Hall–Kier alpha value is -1.11. The normalized spacial score (nSPS) is 19.8. The number of benzene rings is 1. The average Bonchev–Trinajstić information content (AvgIpc) is 3.21. The highest BCUT2D eigenvalue weighted by atomic mass is 32.2. The fourth-order valence-corrected chi connectivity index (χ4v) is 3.77. The predicted molar refractivity (Wildman–Crippen MR) is 74.5 cm³/mol. The van der Waals surface area contributed by atoms with Crippen molar-refractivity contribution in [3.05, 3.63) is 29.8 Å². The standard InChI is InChI=1S/C13H19N3O2S/c14-11-3-1-10(2-4-11)9-16(13-7-8-13)19(17,18)15-12-5-6-12/h1-4,12-13,15H,5-9,14H2. The SMILES string of the molecule is Nc1ccc(CN(C2CC2)S(=O)(=O)NC2CC2)cc1. The topological polar surface area (TPSA) is 75.4 Å². The number of anilines is 1. The number of hydrogen-bond donors (Lipinski definition) is 2. The largest absolute Gasteiger partial charge is 0.399 e. The third kappa shape index (κ3) is 3.26. The van der Waals surface area contributed by atoms with Crippen molar-refractivity contribution >= 4 is 15.9 Å². The molecule has 5 nitrogen and oxygen atoms in total. The van der Waals surface area contributed by atoms with E-state index in [1.807, 2.05) is 12.1 Å². The zero-order chi connectivity index (χ0) is 13.5. The van der Waals surface area contributed by atoms with E-state index >= 15 is 0 Å². The lowest BCUT2D eigenvalue weighted by Crippen LogP contribution is -2.42. The Morgan fingerprint density at radius 3 is 2.32 bits per heavy atom. The summed E-state index contributed by atoms with van der Waals surface area (Å²) in [6, 6.07) is 7.70. The van der Waals surface area contributed by atoms with Gasteiger partial charge in [0.1, 0.15) is 0 Å². The van der Waals surface area contributed by atoms with Crippen molar-refractivity contribution in [3.8, 4) is 0 Å². The first-order chi connectivity index (χ1) is 9.04. The Morgan fingerprint density at radius 2 is 1.79 bits per heavy atom. The van der Waals surface area contributed by atoms with Crippen molar-refractivity contribution in [2.45, 2.75) is 44.3 Å². The first-order valence-electron chi connectivity index (χ1n) is 6.68. The first-order valence-corrected chi connectivity index (χ1v) is 8.12. The van der Waals surface area contributed by atoms with Crippen LogP contribution in [0.5, 0.6) is 0 Å². The summed E-state index contributed by atoms with van der Waals surface area (Å²) in [5.41, 5.74) is 7.31. The quantitative estimate of drug-likeness (QED) is 0.770. The van der Waals surface area contributed by atoms with Crippen molar-refractivity contribution in [3.63, 3.8) is 0 Å². The predicted octanol–water partition coefficient (Wildman–Crippen LogP) is 1.23. The van der Waals surface area contributed by atoms with Crippen LogP contribution in [0, 0.1) is 0 Å². The van der Waals surface area contributed by atoms with Crippen LogP contribution < -0.4 is 10.5 Å². The lowest BCUT2D eigenvalue weighted by atomic mass is 10.2. The minimum Gasteiger partial charge on any atom is -0.399 e. The molecule has 2 fully saturated rings. The van der Waals surface area contributed by atoms with Gasteiger partial charge in [0.05, 0.1) is 0 Å². The molecule has 0 atom stereocenters. The van der Waals surface area contributed by atoms with E-state index in [1.165, 1.54) is 0 Å². The van der Waals surface area contributed by atoms with Gasteiger partial charge in [-0.3, -0.25) is 0 Å². The van der Waals surface area contributed by atoms with Crippen LogP contribution in [0.2, 0.25) is 0 Å². The van der Waals surface area contributed by atoms with E-state index in [9.17, 15) is 8.42 Å². The summed E-state index contributed by atoms with van der Waals surface area (Å²) in [7, 11) is -3.35. The highest BCUT2D eigenvalue weighted by Crippen LogP contribution is 2.31. The van der Waals surface area contributed by atoms with E-state index in [1.54, 1.807) is 16.4 Å². The lowest BCUT2D eigenvalue weighted by Gasteiger charge is -2.22. The number of nitrogens with two attached hydrogens (primary N) is 1. The second kappa shape index (κ2) is 4.77. The molecule has 0 spiro atoms. The Labute approximate surface area is 114 Å². The monoisotopic (exact) mass is 281 g/mol. The molecule has 2 aliphatic carbocycles. The number of nitrogens with one attached hydrogen (secondary N) is 1. The van der Waals surface area contributed by atoms with Crippen LogP contribution in [0.1, 0.15) is 31.2 Å². The number of nitrogen functional groups attached to an aromatic ring is 1. The van der Waals surface area contributed by atoms with Crippen LogP contribution in [-0.2, 0) is 16.8 Å². The van der Waals surface area contributed by atoms with E-state index in [0.29, 0.717) is 12.2 Å². The molecule has 0 radical (unpaired) electrons. The van der Waals surface area contributed by atoms with Gasteiger partial charge in [-0.2, -0.15) is 17.4 Å². The summed E-state index contributed by atoms with van der Waals surface area (Å²) in [4.78, 5) is 0. The van der Waals surface area contributed by atoms with E-state index in [2.05, 4.69) is 4.72 Å². The Morgan fingerprint density at radius 1 is 1.16 bits per heavy atom. The summed E-state index contributed by atoms with van der Waals surface area (Å²) in [6.45, 7) is 0.424. The zero-order valence-corrected chi connectivity index (χ0v) is 11.6. The molecule has 0 unspecified atom stereocenters. The van der Waals surface area contributed by atoms with Gasteiger partial charge >= 0.3 is 0 Å². The van der Waals surface area contributed by atoms with E-state index in [4.69, 9.17) is 5.73 Å². The Kier molecular flexibility index (Phi) is 3.24. The smallest absolute Gasteiger partial charge is 0.280 e. The zero-order valence-electron chi connectivity index (χ0n) is 10.7. The maximum absolute atomic E-state index is 12.3. The molecule has 2 saturated carbocycles. The molecule has 0 heterocycles. The van der Waals surface area contributed by atoms with Crippen LogP contribution in [0.15, 0.2) is 24.3 Å². The third-order valence-corrected chi connectivity index (χ3v) is 5.15. The molecular formula is C13H19N3O2S. The molecule has 0 aliphatic heterocycles. The molecule has 1 aromatic carbocycles. The Bertz CT molecular complexity index is 548. The molecule has 0 saturated heterocycles. The van der Waals surface area contributed by atoms with Crippen LogP contribution in [0.3, 0.4) is 0 Å². The fourth-order valence-electron chi connectivity index (χ4n) is 2.06. The second-order valence-electron chi connectivity index (χ2n) is 5.42. The highest BCUT2D eigenvalue weighted by Gasteiger charge is 2.39. The van der Waals surface area contributed by atoms with Gasteiger partial charge in [0.15, 0.2) is 0 Å². The van der Waals surface area contributed by atoms with Gasteiger partial charge in [-0.15, -0.1) is 0 Å². The van der Waals surface area contributed by atoms with Crippen molar-refractivity contribution in [1.29, 1.82) is 0 Å². The minimum atomic E-state index is -3.35. The molecule has 19 heavy (non-hydrogen) atoms. The van der Waals surface area contributed by atoms with Gasteiger partial charge in [0.25, 0.3) is 10.2 Å². The number of nitrogens with zero attached hydrogens (tertiary/aromatic N) is 1. The van der Waals surface area contributed by atoms with Gasteiger partial charge in [-0.25, -0.2) is 0 Å². The molecule has 3 N–H and O–H groups in total. The number of rotatable bonds is 6. The van der Waals surface area contributed by atoms with Gasteiger partial charge in [-0.1, -0.05) is 12.1 Å². The molecule has 1 aromatic rings. The van der Waals surface area contributed by atoms with Crippen molar-refractivity contribution in [1.82, 2.24) is 9.03 Å². The minimum absolute atomic E-state index is 0.151. The van der Waals surface area contributed by atoms with Crippen molar-refractivity contribution < 1.29 is 8.42 Å². The maximum Gasteiger partial charge on any atom is 0.280 e. The number of hydrogen-bond acceptors (Lipinski definition) is 3. The Balaban J connectivity index is 1.75. The molecule has 6 heteroatoms. The summed E-state index contributed by atoms with van der Waals surface area (Å²) >= 11 is 0. The van der Waals surface area contributed by atoms with Crippen molar-refractivity contribution in [2.24, 2.45) is 0 Å². The maximum atomic E-state index is 12.3. The molecule has 0 bridgehead atoms. The van der Waals surface area contributed by atoms with Gasteiger partial charge in [0.2, 0.25) is 0 Å². The van der Waals surface area contributed by atoms with Gasteiger partial charge in [0, 0.05) is 24.3 Å². The molecule has 3 rings (SSSR count). The summed E-state index contributed by atoms with van der Waals surface area (Å²) < 4.78 is 29.0. The second-order valence-corrected chi connectivity index (χ2v) is 7.07. The first kappa shape index (κ1) is 12.9. The highest BCUT2D eigenvalue weighted by molar-refractivity contribution is 7.87. The molecule has 0 aromatic heterocycles. The van der Waals surface area contributed by atoms with Gasteiger partial charge < -0.3 is 5.73 Å². The third-order valence-electron chi connectivity index (χ3n) is 3.47. The average molecular weight is 281 g/mol. The van der Waals surface area contributed by atoms with Crippen LogP contribution in [0.25, 0.3) is 0 Å². The molecule has 2 aliphatic rings. The van der Waals surface area contributed by atoms with Crippen LogP contribution in [-0.4, -0.2) is 24.8 Å². The van der Waals surface area contributed by atoms with E-state index in [0.717, 1.165) is 31.2 Å². The van der Waals surface area contributed by atoms with Gasteiger partial charge in [-0.05, 0) is 43.4 Å². The fraction of sp³-hybridized carbons (Fsp3) is 0.538. The lowest BCUT2D eigenvalue weighted by molar-refractivity contribution is 0.390. The van der Waals surface area contributed by atoms with Crippen LogP contribution in [0.4, 0.5) is 5.69 Å². The molecule has 0 amide bonds. The molecular weight excluding hydrogens is 262 g/mol. The van der Waals surface area contributed by atoms with E-state index < -0.39 is 10.2 Å². The van der Waals surface area contributed by atoms with Crippen molar-refractivity contribution in [2.75, 3.05) is 5.73 Å². The van der Waals surface area contributed by atoms with Crippen LogP contribution >= 0.6 is 0 Å². The summed E-state index contributed by atoms with van der Waals surface area (Å²) in [5.74, 6) is 0. The summed E-state index contributed by atoms with van der Waals surface area (Å²) in [5, 5.41) is 0. The molecule has 104 valence electrons.